The van der Waals surface area contributed by atoms with E-state index in [0.29, 0.717) is 30.3 Å². The summed E-state index contributed by atoms with van der Waals surface area (Å²) in [5.41, 5.74) is 11.2. The van der Waals surface area contributed by atoms with Gasteiger partial charge in [0.05, 0.1) is 17.3 Å². The molecule has 3 aliphatic heterocycles. The number of aryl methyl sites for hydroxylation is 1. The van der Waals surface area contributed by atoms with Crippen molar-refractivity contribution in [3.05, 3.63) is 53.3 Å². The zero-order chi connectivity index (χ0) is 23.2. The Morgan fingerprint density at radius 2 is 1.91 bits per heavy atom. The third kappa shape index (κ3) is 3.76. The highest BCUT2D eigenvalue weighted by Crippen LogP contribution is 2.36. The zero-order valence-corrected chi connectivity index (χ0v) is 19.6. The van der Waals surface area contributed by atoms with Crippen LogP contribution in [0.25, 0.3) is 5.52 Å². The van der Waals surface area contributed by atoms with Crippen LogP contribution in [0.5, 0.6) is 11.5 Å². The van der Waals surface area contributed by atoms with Gasteiger partial charge in [0.25, 0.3) is 5.91 Å². The molecule has 2 aromatic heterocycles. The summed E-state index contributed by atoms with van der Waals surface area (Å²) in [7, 11) is 0. The van der Waals surface area contributed by atoms with Gasteiger partial charge in [-0.3, -0.25) is 4.79 Å². The number of anilines is 1. The molecule has 0 spiro atoms. The highest BCUT2D eigenvalue weighted by Gasteiger charge is 2.31. The number of carbonyl (C=O) groups excluding carboxylic acids is 1. The summed E-state index contributed by atoms with van der Waals surface area (Å²) in [6, 6.07) is 10.0. The summed E-state index contributed by atoms with van der Waals surface area (Å²) in [4.78, 5) is 17.9. The number of nitrogens with two attached hydrogens (primary N) is 1. The molecule has 1 amide bonds. The first-order chi connectivity index (χ1) is 16.6. The summed E-state index contributed by atoms with van der Waals surface area (Å²) in [5.74, 6) is 1.35. The van der Waals surface area contributed by atoms with Crippen LogP contribution in [0.1, 0.15) is 53.3 Å². The predicted molar refractivity (Wildman–Crippen MR) is 130 cm³/mol. The maximum atomic E-state index is 13.6. The predicted octanol–water partition coefficient (Wildman–Crippen LogP) is 3.32. The van der Waals surface area contributed by atoms with Gasteiger partial charge in [-0.1, -0.05) is 0 Å². The van der Waals surface area contributed by atoms with Crippen LogP contribution in [0.2, 0.25) is 0 Å². The maximum Gasteiger partial charge on any atom is 0.254 e. The van der Waals surface area contributed by atoms with E-state index in [1.54, 1.807) is 0 Å². The van der Waals surface area contributed by atoms with Gasteiger partial charge in [0, 0.05) is 43.1 Å². The number of pyridine rings is 1. The average Bonchev–Trinajstić information content (AvgIpc) is 3.48. The Kier molecular flexibility index (Phi) is 5.32. The molecule has 0 aliphatic carbocycles. The minimum atomic E-state index is -0.0432. The molecule has 0 bridgehead atoms. The Bertz CT molecular complexity index is 1240. The fraction of sp³-hybridized carbons (Fsp3) is 0.462. The Hall–Kier alpha value is -3.26. The SMILES string of the molecule is Cc1cn2nc([C@@H]3CCCCN3C(=O)c3ccc4c(c3)OCCO4)cc2cc1N1CC[C@H](N)C1. The zero-order valence-electron chi connectivity index (χ0n) is 19.6. The van der Waals surface area contributed by atoms with Crippen LogP contribution in [0.15, 0.2) is 36.5 Å². The molecule has 6 rings (SSSR count). The minimum absolute atomic E-state index is 0.0154. The summed E-state index contributed by atoms with van der Waals surface area (Å²) in [6.45, 7) is 5.76. The van der Waals surface area contributed by atoms with Crippen LogP contribution < -0.4 is 20.1 Å². The van der Waals surface area contributed by atoms with Gasteiger partial charge in [-0.05, 0) is 68.5 Å². The number of hydrogen-bond acceptors (Lipinski definition) is 6. The Balaban J connectivity index is 1.30. The average molecular weight is 462 g/mol. The number of amides is 1. The van der Waals surface area contributed by atoms with Crippen molar-refractivity contribution in [3.63, 3.8) is 0 Å². The summed E-state index contributed by atoms with van der Waals surface area (Å²) in [5, 5.41) is 4.91. The van der Waals surface area contributed by atoms with Crippen molar-refractivity contribution in [2.75, 3.05) is 37.7 Å². The molecule has 8 heteroatoms. The monoisotopic (exact) mass is 461 g/mol. The van der Waals surface area contributed by atoms with E-state index in [0.717, 1.165) is 56.5 Å². The Morgan fingerprint density at radius 3 is 2.74 bits per heavy atom. The van der Waals surface area contributed by atoms with E-state index >= 15 is 0 Å². The van der Waals surface area contributed by atoms with Crippen LogP contribution in [0.3, 0.4) is 0 Å². The second kappa shape index (κ2) is 8.51. The first-order valence-corrected chi connectivity index (χ1v) is 12.3. The van der Waals surface area contributed by atoms with E-state index in [9.17, 15) is 4.79 Å². The van der Waals surface area contributed by atoms with Gasteiger partial charge < -0.3 is 25.0 Å². The van der Waals surface area contributed by atoms with Crippen molar-refractivity contribution in [3.8, 4) is 11.5 Å². The van der Waals surface area contributed by atoms with Crippen molar-refractivity contribution in [2.24, 2.45) is 5.73 Å². The molecule has 1 aromatic carbocycles. The molecule has 0 radical (unpaired) electrons. The number of likely N-dealkylation sites (tertiary alicyclic amines) is 1. The lowest BCUT2D eigenvalue weighted by molar-refractivity contribution is 0.0604. The first-order valence-electron chi connectivity index (χ1n) is 12.3. The second-order valence-electron chi connectivity index (χ2n) is 9.64. The van der Waals surface area contributed by atoms with Gasteiger partial charge in [-0.2, -0.15) is 5.10 Å². The minimum Gasteiger partial charge on any atom is -0.486 e. The van der Waals surface area contributed by atoms with Crippen molar-refractivity contribution < 1.29 is 14.3 Å². The number of carbonyl (C=O) groups is 1. The molecule has 3 aromatic rings. The van der Waals surface area contributed by atoms with Crippen LogP contribution in [0, 0.1) is 6.92 Å². The molecule has 2 fully saturated rings. The smallest absolute Gasteiger partial charge is 0.254 e. The number of nitrogens with zero attached hydrogens (tertiary/aromatic N) is 4. The molecule has 0 saturated carbocycles. The van der Waals surface area contributed by atoms with E-state index in [1.807, 2.05) is 27.6 Å². The molecule has 178 valence electrons. The summed E-state index contributed by atoms with van der Waals surface area (Å²) >= 11 is 0. The fourth-order valence-electron chi connectivity index (χ4n) is 5.48. The standard InChI is InChI=1S/C26H31N5O3/c1-17-15-31-20(14-23(17)29-9-7-19(27)16-29)13-21(28-31)22-4-2-3-8-30(22)26(32)18-5-6-24-25(12-18)34-11-10-33-24/h5-6,12-15,19,22H,2-4,7-11,16,27H2,1H3/t19-,22-/m0/s1. The van der Waals surface area contributed by atoms with E-state index in [1.165, 1.54) is 11.3 Å². The fourth-order valence-corrected chi connectivity index (χ4v) is 5.48. The second-order valence-corrected chi connectivity index (χ2v) is 9.64. The third-order valence-electron chi connectivity index (χ3n) is 7.25. The number of ether oxygens (including phenoxy) is 2. The molecule has 0 unspecified atom stereocenters. The Morgan fingerprint density at radius 1 is 1.06 bits per heavy atom. The van der Waals surface area contributed by atoms with Crippen molar-refractivity contribution in [2.45, 2.75) is 44.7 Å². The van der Waals surface area contributed by atoms with Gasteiger partial charge in [0.15, 0.2) is 11.5 Å². The molecule has 5 heterocycles. The van der Waals surface area contributed by atoms with Gasteiger partial charge in [0.2, 0.25) is 0 Å². The van der Waals surface area contributed by atoms with Gasteiger partial charge in [0.1, 0.15) is 13.2 Å². The number of fused-ring (bicyclic) bond motifs is 2. The third-order valence-corrected chi connectivity index (χ3v) is 7.25. The molecule has 2 saturated heterocycles. The van der Waals surface area contributed by atoms with Gasteiger partial charge in [-0.25, -0.2) is 4.52 Å². The summed E-state index contributed by atoms with van der Waals surface area (Å²) < 4.78 is 13.3. The molecular weight excluding hydrogens is 430 g/mol. The van der Waals surface area contributed by atoms with Crippen LogP contribution in [-0.4, -0.2) is 59.3 Å². The van der Waals surface area contributed by atoms with E-state index < -0.39 is 0 Å². The van der Waals surface area contributed by atoms with Crippen LogP contribution in [-0.2, 0) is 0 Å². The Labute approximate surface area is 199 Å². The normalized spacial score (nSPS) is 22.4. The lowest BCUT2D eigenvalue weighted by atomic mass is 9.98. The highest BCUT2D eigenvalue weighted by molar-refractivity contribution is 5.95. The molecule has 2 N–H and O–H groups in total. The van der Waals surface area contributed by atoms with Crippen molar-refractivity contribution in [1.82, 2.24) is 14.5 Å². The number of hydrogen-bond donors (Lipinski definition) is 1. The molecular formula is C26H31N5O3. The topological polar surface area (TPSA) is 85.3 Å². The lowest BCUT2D eigenvalue weighted by Gasteiger charge is -2.35. The quantitative estimate of drug-likeness (QED) is 0.644. The van der Waals surface area contributed by atoms with E-state index in [4.69, 9.17) is 20.3 Å². The molecule has 34 heavy (non-hydrogen) atoms. The van der Waals surface area contributed by atoms with Crippen LogP contribution in [0.4, 0.5) is 5.69 Å². The largest absolute Gasteiger partial charge is 0.486 e. The molecule has 8 nitrogen and oxygen atoms in total. The number of rotatable bonds is 3. The van der Waals surface area contributed by atoms with E-state index in [2.05, 4.69) is 30.2 Å². The number of piperidine rings is 1. The number of benzene rings is 1. The lowest BCUT2D eigenvalue weighted by Crippen LogP contribution is -2.38. The molecule has 3 aliphatic rings. The maximum absolute atomic E-state index is 13.6. The van der Waals surface area contributed by atoms with Gasteiger partial charge in [-0.15, -0.1) is 0 Å². The molecule has 2 atom stereocenters. The van der Waals surface area contributed by atoms with Crippen molar-refractivity contribution in [1.29, 1.82) is 0 Å². The van der Waals surface area contributed by atoms with E-state index in [-0.39, 0.29) is 18.0 Å². The summed E-state index contributed by atoms with van der Waals surface area (Å²) in [6.07, 6.45) is 6.10. The first kappa shape index (κ1) is 21.3. The number of aromatic nitrogens is 2. The van der Waals surface area contributed by atoms with Gasteiger partial charge >= 0.3 is 0 Å². The highest BCUT2D eigenvalue weighted by atomic mass is 16.6. The van der Waals surface area contributed by atoms with Crippen LogP contribution >= 0.6 is 0 Å². The van der Waals surface area contributed by atoms with Crippen molar-refractivity contribution >= 4 is 17.1 Å².